The number of carbonyl (C=O) groups is 1. The van der Waals surface area contributed by atoms with Gasteiger partial charge in [0.15, 0.2) is 5.78 Å². The molecule has 1 aliphatic carbocycles. The van der Waals surface area contributed by atoms with Crippen LogP contribution in [-0.4, -0.2) is 39.1 Å². The molecule has 0 bridgehead atoms. The lowest BCUT2D eigenvalue weighted by atomic mass is 9.98. The summed E-state index contributed by atoms with van der Waals surface area (Å²) in [6, 6.07) is 0. The zero-order chi connectivity index (χ0) is 13.4. The predicted molar refractivity (Wildman–Crippen MR) is 72.1 cm³/mol. The molecule has 2 heterocycles. The fourth-order valence-electron chi connectivity index (χ4n) is 2.53. The molecule has 0 saturated heterocycles. The highest BCUT2D eigenvalue weighted by atomic mass is 16.1. The third kappa shape index (κ3) is 1.85. The van der Waals surface area contributed by atoms with Gasteiger partial charge in [-0.15, -0.1) is 0 Å². The lowest BCUT2D eigenvalue weighted by Crippen LogP contribution is -2.31. The highest BCUT2D eigenvalue weighted by molar-refractivity contribution is 6.25. The van der Waals surface area contributed by atoms with Crippen LogP contribution in [0.1, 0.15) is 42.7 Å². The summed E-state index contributed by atoms with van der Waals surface area (Å²) in [6.07, 6.45) is 7.00. The van der Waals surface area contributed by atoms with Crippen LogP contribution in [-0.2, 0) is 0 Å². The van der Waals surface area contributed by atoms with Gasteiger partial charge in [0, 0.05) is 18.8 Å². The predicted octanol–water partition coefficient (Wildman–Crippen LogP) is 1.81. The summed E-state index contributed by atoms with van der Waals surface area (Å²) in [6.45, 7) is 5.13. The summed E-state index contributed by atoms with van der Waals surface area (Å²) in [5.74, 6) is -0.0276. The SMILES string of the molecule is CCCCN1C2=CC(=O)c3cncnc3C2=NC1C. The molecular weight excluding hydrogens is 240 g/mol. The molecule has 0 spiro atoms. The van der Waals surface area contributed by atoms with Crippen molar-refractivity contribution in [3.63, 3.8) is 0 Å². The number of fused-ring (bicyclic) bond motifs is 3. The van der Waals surface area contributed by atoms with Crippen LogP contribution < -0.4 is 0 Å². The van der Waals surface area contributed by atoms with E-state index in [0.29, 0.717) is 11.3 Å². The number of allylic oxidation sites excluding steroid dienone is 2. The van der Waals surface area contributed by atoms with Gasteiger partial charge in [-0.1, -0.05) is 13.3 Å². The maximum absolute atomic E-state index is 12.1. The molecule has 0 radical (unpaired) electrons. The van der Waals surface area contributed by atoms with E-state index >= 15 is 0 Å². The molecule has 0 fully saturated rings. The number of unbranched alkanes of at least 4 members (excludes halogenated alkanes) is 1. The van der Waals surface area contributed by atoms with Gasteiger partial charge in [-0.3, -0.25) is 9.79 Å². The summed E-state index contributed by atoms with van der Waals surface area (Å²) in [5.41, 5.74) is 2.97. The molecular formula is C14H16N4O. The Hall–Kier alpha value is -2.04. The maximum Gasteiger partial charge on any atom is 0.191 e. The standard InChI is InChI=1S/C14H16N4O/c1-3-4-5-18-9(2)17-14-11(18)6-12(19)10-7-15-8-16-13(10)14/h6-9H,3-5H2,1-2H3. The molecule has 1 aliphatic heterocycles. The van der Waals surface area contributed by atoms with E-state index in [1.807, 2.05) is 6.92 Å². The van der Waals surface area contributed by atoms with Crippen molar-refractivity contribution in [2.45, 2.75) is 32.9 Å². The van der Waals surface area contributed by atoms with E-state index in [-0.39, 0.29) is 11.9 Å². The van der Waals surface area contributed by atoms with Crippen molar-refractivity contribution in [1.82, 2.24) is 14.9 Å². The molecule has 19 heavy (non-hydrogen) atoms. The quantitative estimate of drug-likeness (QED) is 0.827. The van der Waals surface area contributed by atoms with Crippen molar-refractivity contribution >= 4 is 11.5 Å². The number of aromatic nitrogens is 2. The van der Waals surface area contributed by atoms with Gasteiger partial charge >= 0.3 is 0 Å². The number of ketones is 1. The van der Waals surface area contributed by atoms with Crippen molar-refractivity contribution < 1.29 is 4.79 Å². The molecule has 0 N–H and O–H groups in total. The maximum atomic E-state index is 12.1. The molecule has 1 aromatic heterocycles. The summed E-state index contributed by atoms with van der Waals surface area (Å²) in [7, 11) is 0. The van der Waals surface area contributed by atoms with Crippen LogP contribution in [0.25, 0.3) is 0 Å². The smallest absolute Gasteiger partial charge is 0.191 e. The first-order valence-corrected chi connectivity index (χ1v) is 6.63. The van der Waals surface area contributed by atoms with Crippen LogP contribution in [0.15, 0.2) is 29.3 Å². The first-order chi connectivity index (χ1) is 9.22. The Morgan fingerprint density at radius 2 is 2.26 bits per heavy atom. The normalized spacial score (nSPS) is 20.8. The average Bonchev–Trinajstić information content (AvgIpc) is 2.73. The van der Waals surface area contributed by atoms with Gasteiger partial charge in [0.2, 0.25) is 0 Å². The molecule has 2 aliphatic rings. The molecule has 5 nitrogen and oxygen atoms in total. The third-order valence-electron chi connectivity index (χ3n) is 3.54. The molecule has 1 unspecified atom stereocenters. The van der Waals surface area contributed by atoms with Crippen LogP contribution in [0.5, 0.6) is 0 Å². The minimum atomic E-state index is -0.0276. The third-order valence-corrected chi connectivity index (χ3v) is 3.54. The van der Waals surface area contributed by atoms with Gasteiger partial charge in [0.25, 0.3) is 0 Å². The minimum absolute atomic E-state index is 0.0276. The first-order valence-electron chi connectivity index (χ1n) is 6.63. The van der Waals surface area contributed by atoms with E-state index < -0.39 is 0 Å². The summed E-state index contributed by atoms with van der Waals surface area (Å²) < 4.78 is 0. The number of hydrogen-bond donors (Lipinski definition) is 0. The summed E-state index contributed by atoms with van der Waals surface area (Å²) >= 11 is 0. The molecule has 3 rings (SSSR count). The fraction of sp³-hybridized carbons (Fsp3) is 0.429. The van der Waals surface area contributed by atoms with E-state index in [1.54, 1.807) is 12.3 Å². The molecule has 1 aromatic rings. The molecule has 5 heteroatoms. The Morgan fingerprint density at radius 3 is 3.05 bits per heavy atom. The molecule has 1 atom stereocenters. The lowest BCUT2D eigenvalue weighted by molar-refractivity contribution is 0.104. The average molecular weight is 256 g/mol. The first kappa shape index (κ1) is 12.0. The molecule has 0 amide bonds. The van der Waals surface area contributed by atoms with Gasteiger partial charge in [0.1, 0.15) is 23.9 Å². The molecule has 0 aromatic carbocycles. The van der Waals surface area contributed by atoms with Crippen molar-refractivity contribution in [2.75, 3.05) is 6.54 Å². The Morgan fingerprint density at radius 1 is 1.42 bits per heavy atom. The van der Waals surface area contributed by atoms with Crippen LogP contribution in [0.4, 0.5) is 0 Å². The van der Waals surface area contributed by atoms with Crippen LogP contribution in [0.3, 0.4) is 0 Å². The van der Waals surface area contributed by atoms with E-state index in [1.165, 1.54) is 6.33 Å². The minimum Gasteiger partial charge on any atom is -0.348 e. The Balaban J connectivity index is 2.02. The number of rotatable bonds is 3. The highest BCUT2D eigenvalue weighted by Crippen LogP contribution is 2.29. The summed E-state index contributed by atoms with van der Waals surface area (Å²) in [5, 5.41) is 0. The van der Waals surface area contributed by atoms with Crippen LogP contribution in [0.2, 0.25) is 0 Å². The summed E-state index contributed by atoms with van der Waals surface area (Å²) in [4.78, 5) is 27.1. The van der Waals surface area contributed by atoms with E-state index in [2.05, 4.69) is 26.8 Å². The highest BCUT2D eigenvalue weighted by Gasteiger charge is 2.34. The van der Waals surface area contributed by atoms with E-state index in [4.69, 9.17) is 0 Å². The van der Waals surface area contributed by atoms with Crippen LogP contribution in [0, 0.1) is 0 Å². The van der Waals surface area contributed by atoms with Crippen molar-refractivity contribution in [2.24, 2.45) is 4.99 Å². The van der Waals surface area contributed by atoms with Gasteiger partial charge in [-0.05, 0) is 13.3 Å². The number of nitrogens with zero attached hydrogens (tertiary/aromatic N) is 4. The zero-order valence-corrected chi connectivity index (χ0v) is 11.1. The molecule has 98 valence electrons. The molecule has 0 saturated carbocycles. The largest absolute Gasteiger partial charge is 0.348 e. The Labute approximate surface area is 112 Å². The monoisotopic (exact) mass is 256 g/mol. The number of aliphatic imine (C=N–C) groups is 1. The second kappa shape index (κ2) is 4.57. The number of carbonyl (C=O) groups excluding carboxylic acids is 1. The van der Waals surface area contributed by atoms with E-state index in [9.17, 15) is 4.79 Å². The topological polar surface area (TPSA) is 58.5 Å². The van der Waals surface area contributed by atoms with E-state index in [0.717, 1.165) is 30.8 Å². The Kier molecular flexibility index (Phi) is 2.89. The van der Waals surface area contributed by atoms with Gasteiger partial charge < -0.3 is 4.90 Å². The second-order valence-electron chi connectivity index (χ2n) is 4.84. The van der Waals surface area contributed by atoms with Crippen LogP contribution >= 0.6 is 0 Å². The van der Waals surface area contributed by atoms with Gasteiger partial charge in [0.05, 0.1) is 11.3 Å². The lowest BCUT2D eigenvalue weighted by Gasteiger charge is -2.25. The van der Waals surface area contributed by atoms with Gasteiger partial charge in [-0.25, -0.2) is 9.97 Å². The fourth-order valence-corrected chi connectivity index (χ4v) is 2.53. The van der Waals surface area contributed by atoms with Crippen molar-refractivity contribution in [3.8, 4) is 0 Å². The Bertz CT molecular complexity index is 591. The number of hydrogen-bond acceptors (Lipinski definition) is 5. The van der Waals surface area contributed by atoms with Crippen molar-refractivity contribution in [3.05, 3.63) is 35.6 Å². The van der Waals surface area contributed by atoms with Gasteiger partial charge in [-0.2, -0.15) is 0 Å². The van der Waals surface area contributed by atoms with Crippen molar-refractivity contribution in [1.29, 1.82) is 0 Å². The second-order valence-corrected chi connectivity index (χ2v) is 4.84. The zero-order valence-electron chi connectivity index (χ0n) is 11.1.